The van der Waals surface area contributed by atoms with Gasteiger partial charge >= 0.3 is 5.97 Å². The van der Waals surface area contributed by atoms with Crippen LogP contribution in [0.1, 0.15) is 78.8 Å². The van der Waals surface area contributed by atoms with Gasteiger partial charge in [0.1, 0.15) is 17.1 Å². The number of likely N-dealkylation sites (N-methyl/N-ethyl adjacent to an activating group) is 1. The highest BCUT2D eigenvalue weighted by molar-refractivity contribution is 6.35. The van der Waals surface area contributed by atoms with E-state index in [0.717, 1.165) is 74.0 Å². The average molecular weight is 839 g/mol. The van der Waals surface area contributed by atoms with E-state index >= 15 is 4.79 Å². The maximum absolute atomic E-state index is 15.5. The molecule has 308 valence electrons. The van der Waals surface area contributed by atoms with Crippen LogP contribution >= 0.6 is 23.2 Å². The molecular weight excluding hydrogens is 789 g/mol. The van der Waals surface area contributed by atoms with Crippen LogP contribution < -0.4 is 9.64 Å². The predicted molar refractivity (Wildman–Crippen MR) is 233 cm³/mol. The number of ether oxygens (including phenoxy) is 1. The number of aryl methyl sites for hydroxylation is 6. The third-order valence-electron chi connectivity index (χ3n) is 12.2. The monoisotopic (exact) mass is 837 g/mol. The van der Waals surface area contributed by atoms with Gasteiger partial charge in [-0.1, -0.05) is 29.3 Å². The Morgan fingerprint density at radius 3 is 2.25 bits per heavy atom. The van der Waals surface area contributed by atoms with E-state index in [9.17, 15) is 14.7 Å². The van der Waals surface area contributed by atoms with Gasteiger partial charge in [-0.05, 0) is 108 Å². The number of carbonyl (C=O) groups excluding carboxylic acids is 2. The van der Waals surface area contributed by atoms with Crippen molar-refractivity contribution in [1.82, 2.24) is 28.7 Å². The fraction of sp³-hybridized carbons (Fsp3) is 0.378. The lowest BCUT2D eigenvalue weighted by molar-refractivity contribution is 0.0661. The average Bonchev–Trinajstić information content (AvgIpc) is 3.81. The first kappa shape index (κ1) is 40.5. The number of aromatic carboxylic acids is 1. The molecule has 3 aromatic heterocycles. The molecule has 1 N–H and O–H groups in total. The van der Waals surface area contributed by atoms with Crippen LogP contribution in [0.4, 0.5) is 5.69 Å². The maximum atomic E-state index is 15.5. The maximum Gasteiger partial charge on any atom is 0.352 e. The van der Waals surface area contributed by atoms with Crippen molar-refractivity contribution in [2.24, 2.45) is 14.1 Å². The molecule has 2 amide bonds. The second-order valence-electron chi connectivity index (χ2n) is 16.2. The molecule has 6 aromatic rings. The van der Waals surface area contributed by atoms with Gasteiger partial charge in [0, 0.05) is 91.0 Å². The fourth-order valence-electron chi connectivity index (χ4n) is 9.14. The summed E-state index contributed by atoms with van der Waals surface area (Å²) in [5.41, 5.74) is 9.20. The highest BCUT2D eigenvalue weighted by Crippen LogP contribution is 2.46. The number of carboxylic acids is 1. The number of carboxylic acid groups (broad SMARTS) is 1. The first-order valence-electron chi connectivity index (χ1n) is 20.0. The number of fused-ring (bicyclic) bond motifs is 4. The Bertz CT molecular complexity index is 2700. The van der Waals surface area contributed by atoms with Gasteiger partial charge in [0.25, 0.3) is 11.8 Å². The summed E-state index contributed by atoms with van der Waals surface area (Å²) in [5, 5.41) is 17.7. The second-order valence-corrected chi connectivity index (χ2v) is 17.0. The molecule has 14 heteroatoms. The zero-order chi connectivity index (χ0) is 42.2. The summed E-state index contributed by atoms with van der Waals surface area (Å²) in [4.78, 5) is 47.8. The number of carbonyl (C=O) groups is 3. The molecule has 8 rings (SSSR count). The van der Waals surface area contributed by atoms with Gasteiger partial charge in [0.05, 0.1) is 34.0 Å². The van der Waals surface area contributed by atoms with Crippen molar-refractivity contribution >= 4 is 68.5 Å². The van der Waals surface area contributed by atoms with E-state index in [-0.39, 0.29) is 30.1 Å². The lowest BCUT2D eigenvalue weighted by atomic mass is 9.98. The van der Waals surface area contributed by atoms with Gasteiger partial charge in [0.2, 0.25) is 0 Å². The van der Waals surface area contributed by atoms with Crippen molar-refractivity contribution in [1.29, 1.82) is 0 Å². The number of nitrogens with zero attached hydrogens (tertiary/aromatic N) is 7. The number of amides is 2. The van der Waals surface area contributed by atoms with Gasteiger partial charge in [-0.3, -0.25) is 14.3 Å². The summed E-state index contributed by atoms with van der Waals surface area (Å²) in [7, 11) is 5.63. The van der Waals surface area contributed by atoms with Crippen LogP contribution in [0.3, 0.4) is 0 Å². The number of benzene rings is 3. The summed E-state index contributed by atoms with van der Waals surface area (Å²) in [5.74, 6) is -0.760. The van der Waals surface area contributed by atoms with Crippen LogP contribution in [0.15, 0.2) is 42.5 Å². The van der Waals surface area contributed by atoms with E-state index in [1.165, 1.54) is 0 Å². The van der Waals surface area contributed by atoms with E-state index in [1.807, 2.05) is 75.6 Å². The van der Waals surface area contributed by atoms with E-state index < -0.39 is 5.97 Å². The fourth-order valence-corrected chi connectivity index (χ4v) is 9.50. The summed E-state index contributed by atoms with van der Waals surface area (Å²) in [6.45, 7) is 13.3. The molecule has 12 nitrogen and oxygen atoms in total. The van der Waals surface area contributed by atoms with Crippen LogP contribution in [-0.4, -0.2) is 98.0 Å². The third kappa shape index (κ3) is 6.84. The van der Waals surface area contributed by atoms with Gasteiger partial charge < -0.3 is 33.7 Å². The van der Waals surface area contributed by atoms with E-state index in [2.05, 4.69) is 16.4 Å². The first-order valence-corrected chi connectivity index (χ1v) is 20.7. The van der Waals surface area contributed by atoms with Crippen molar-refractivity contribution in [3.8, 4) is 16.9 Å². The minimum atomic E-state index is -1.10. The molecule has 0 spiro atoms. The van der Waals surface area contributed by atoms with Gasteiger partial charge in [-0.25, -0.2) is 4.79 Å². The topological polar surface area (TPSA) is 118 Å². The molecule has 2 aliphatic rings. The first-order chi connectivity index (χ1) is 28.1. The van der Waals surface area contributed by atoms with Crippen molar-refractivity contribution in [2.45, 2.75) is 53.5 Å². The standard InChI is InChI=1S/C45H49Cl2N7O5/c1-24-18-31(19-25(2)39(24)47)59-17-9-10-32-33-11-12-34(46)38(37-27(4)48-51(8)28(37)5)41(33)54-26(3)23-53(44(56)42(32)54)35-22-30(43(55)52-15-13-49(6)14-16-52)20-29-21-36(45(57)58)50(7)40(29)35/h11-12,18-22,26H,9-10,13-17,23H2,1-8H3,(H,57,58). The van der Waals surface area contributed by atoms with Gasteiger partial charge in [-0.15, -0.1) is 0 Å². The molecule has 59 heavy (non-hydrogen) atoms. The zero-order valence-electron chi connectivity index (χ0n) is 34.7. The number of anilines is 1. The quantitative estimate of drug-likeness (QED) is 0.145. The number of aromatic nitrogens is 4. The van der Waals surface area contributed by atoms with Crippen molar-refractivity contribution in [3.63, 3.8) is 0 Å². The lowest BCUT2D eigenvalue weighted by Gasteiger charge is -2.35. The Labute approximate surface area is 353 Å². The van der Waals surface area contributed by atoms with Crippen LogP contribution in [0.25, 0.3) is 32.9 Å². The van der Waals surface area contributed by atoms with Crippen LogP contribution in [0.5, 0.6) is 5.75 Å². The molecule has 0 radical (unpaired) electrons. The summed E-state index contributed by atoms with van der Waals surface area (Å²) in [6, 6.07) is 12.6. The van der Waals surface area contributed by atoms with Crippen molar-refractivity contribution in [2.75, 3.05) is 51.3 Å². The predicted octanol–water partition coefficient (Wildman–Crippen LogP) is 8.39. The Hall–Kier alpha value is -5.30. The van der Waals surface area contributed by atoms with Gasteiger partial charge in [0.15, 0.2) is 0 Å². The number of piperazine rings is 1. The normalized spacial score (nSPS) is 16.1. The third-order valence-corrected chi connectivity index (χ3v) is 13.1. The summed E-state index contributed by atoms with van der Waals surface area (Å²) in [6.07, 6.45) is 1.13. The van der Waals surface area contributed by atoms with E-state index in [4.69, 9.17) is 33.0 Å². The molecule has 5 heterocycles. The van der Waals surface area contributed by atoms with E-state index in [1.54, 1.807) is 34.7 Å². The molecule has 1 saturated heterocycles. The summed E-state index contributed by atoms with van der Waals surface area (Å²) >= 11 is 13.6. The van der Waals surface area contributed by atoms with Crippen molar-refractivity contribution in [3.05, 3.63) is 97.5 Å². The molecule has 1 fully saturated rings. The molecule has 0 aliphatic carbocycles. The highest BCUT2D eigenvalue weighted by atomic mass is 35.5. The number of hydrogen-bond donors (Lipinski definition) is 1. The Balaban J connectivity index is 1.28. The summed E-state index contributed by atoms with van der Waals surface area (Å²) < 4.78 is 11.8. The molecule has 0 saturated carbocycles. The number of hydrogen-bond acceptors (Lipinski definition) is 6. The van der Waals surface area contributed by atoms with Crippen LogP contribution in [0.2, 0.25) is 10.0 Å². The minimum absolute atomic E-state index is 0.0605. The Morgan fingerprint density at radius 2 is 1.61 bits per heavy atom. The molecule has 2 aliphatic heterocycles. The molecule has 1 unspecified atom stereocenters. The molecule has 1 atom stereocenters. The number of halogens is 2. The minimum Gasteiger partial charge on any atom is -0.494 e. The van der Waals surface area contributed by atoms with Crippen LogP contribution in [-0.2, 0) is 20.5 Å². The van der Waals surface area contributed by atoms with Gasteiger partial charge in [-0.2, -0.15) is 5.10 Å². The Kier molecular flexibility index (Phi) is 10.6. The molecule has 3 aromatic carbocycles. The SMILES string of the molecule is Cc1cc(OCCCc2c3n(c4c(-c5c(C)nn(C)c5C)c(Cl)ccc24)C(C)CN(c2cc(C(=O)N4CCN(C)CC4)cc4cc(C(=O)O)n(C)c24)C3=O)cc(C)c1Cl. The Morgan fingerprint density at radius 1 is 0.915 bits per heavy atom. The molecular formula is C45H49Cl2N7O5. The van der Waals surface area contributed by atoms with Crippen molar-refractivity contribution < 1.29 is 24.2 Å². The molecule has 0 bridgehead atoms. The van der Waals surface area contributed by atoms with Crippen LogP contribution in [0, 0.1) is 27.7 Å². The lowest BCUT2D eigenvalue weighted by Crippen LogP contribution is -2.47. The van der Waals surface area contributed by atoms with E-state index in [0.29, 0.717) is 65.4 Å². The second kappa shape index (κ2) is 15.4. The zero-order valence-corrected chi connectivity index (χ0v) is 36.3. The highest BCUT2D eigenvalue weighted by Gasteiger charge is 2.38. The largest absolute Gasteiger partial charge is 0.494 e. The number of rotatable bonds is 9. The smallest absolute Gasteiger partial charge is 0.352 e.